The molecule has 25 heavy (non-hydrogen) atoms. The predicted octanol–water partition coefficient (Wildman–Crippen LogP) is 3.37. The van der Waals surface area contributed by atoms with E-state index in [1.807, 2.05) is 0 Å². The van der Waals surface area contributed by atoms with Crippen LogP contribution < -0.4 is 0 Å². The molecule has 4 aliphatic rings. The second-order valence-electron chi connectivity index (χ2n) is 7.94. The number of halogens is 4. The molecular formula is C16H22F4O4S. The van der Waals surface area contributed by atoms with Gasteiger partial charge in [-0.05, 0) is 62.7 Å². The summed E-state index contributed by atoms with van der Waals surface area (Å²) in [5.41, 5.74) is -0.528. The molecule has 0 aromatic carbocycles. The Kier molecular flexibility index (Phi) is 4.83. The van der Waals surface area contributed by atoms with Gasteiger partial charge in [-0.2, -0.15) is 17.6 Å². The van der Waals surface area contributed by atoms with Gasteiger partial charge in [-0.3, -0.25) is 4.79 Å². The highest BCUT2D eigenvalue weighted by Crippen LogP contribution is 2.60. The molecule has 0 atom stereocenters. The van der Waals surface area contributed by atoms with Crippen LogP contribution in [-0.4, -0.2) is 32.2 Å². The van der Waals surface area contributed by atoms with E-state index >= 15 is 0 Å². The summed E-state index contributed by atoms with van der Waals surface area (Å²) in [6, 6.07) is 0. The number of thiol groups is 1. The van der Waals surface area contributed by atoms with Crippen molar-refractivity contribution >= 4 is 16.7 Å². The minimum atomic E-state index is -5.09. The van der Waals surface area contributed by atoms with Gasteiger partial charge in [-0.15, -0.1) is 0 Å². The number of hydrogen-bond donors (Lipinski definition) is 1. The van der Waals surface area contributed by atoms with E-state index in [9.17, 15) is 30.8 Å². The van der Waals surface area contributed by atoms with Crippen LogP contribution in [0.4, 0.5) is 17.6 Å². The van der Waals surface area contributed by atoms with Crippen LogP contribution in [0.1, 0.15) is 51.4 Å². The Labute approximate surface area is 145 Å². The maximum Gasteiger partial charge on any atom is 0.404 e. The number of ether oxygens (including phenoxy) is 1. The molecule has 144 valence electrons. The molecule has 0 radical (unpaired) electrons. The molecule has 0 unspecified atom stereocenters. The van der Waals surface area contributed by atoms with Crippen molar-refractivity contribution in [1.82, 2.24) is 0 Å². The van der Waals surface area contributed by atoms with Crippen molar-refractivity contribution in [3.8, 4) is 0 Å². The second kappa shape index (κ2) is 6.39. The first-order valence-corrected chi connectivity index (χ1v) is 9.81. The molecule has 0 N–H and O–H groups in total. The molecule has 9 heteroatoms. The van der Waals surface area contributed by atoms with E-state index in [1.54, 1.807) is 0 Å². The third kappa shape index (κ3) is 3.40. The molecule has 0 aromatic heterocycles. The van der Waals surface area contributed by atoms with Crippen molar-refractivity contribution in [2.45, 2.75) is 62.5 Å². The van der Waals surface area contributed by atoms with Crippen LogP contribution in [0.5, 0.6) is 0 Å². The van der Waals surface area contributed by atoms with Crippen LogP contribution >= 0.6 is 0 Å². The molecule has 0 heterocycles. The average molecular weight is 386 g/mol. The Hall–Kier alpha value is -0.860. The smallest absolute Gasteiger partial charge is 0.404 e. The van der Waals surface area contributed by atoms with E-state index in [4.69, 9.17) is 4.74 Å². The first kappa shape index (κ1) is 18.9. The molecule has 0 aromatic rings. The van der Waals surface area contributed by atoms with Gasteiger partial charge in [0.2, 0.25) is 10.7 Å². The number of carbonyl (C=O) groups is 1. The molecule has 4 bridgehead atoms. The minimum absolute atomic E-state index is 0.401. The van der Waals surface area contributed by atoms with Crippen molar-refractivity contribution < 1.29 is 35.5 Å². The van der Waals surface area contributed by atoms with Gasteiger partial charge in [-0.25, -0.2) is 8.42 Å². The summed E-state index contributed by atoms with van der Waals surface area (Å²) in [4.78, 5) is 12.5. The largest absolute Gasteiger partial charge is 0.465 e. The monoisotopic (exact) mass is 386 g/mol. The first-order valence-electron chi connectivity index (χ1n) is 8.63. The van der Waals surface area contributed by atoms with E-state index in [1.165, 1.54) is 0 Å². The summed E-state index contributed by atoms with van der Waals surface area (Å²) in [5.74, 6) is -3.51. The fraction of sp³-hybridized carbons (Fsp3) is 0.938. The lowest BCUT2D eigenvalue weighted by Gasteiger charge is -2.55. The molecule has 4 saturated carbocycles. The predicted molar refractivity (Wildman–Crippen MR) is 81.0 cm³/mol. The Morgan fingerprint density at radius 2 is 1.48 bits per heavy atom. The molecular weight excluding hydrogens is 364 g/mol. The van der Waals surface area contributed by atoms with E-state index < -0.39 is 52.7 Å². The molecule has 0 amide bonds. The third-order valence-electron chi connectivity index (χ3n) is 6.01. The summed E-state index contributed by atoms with van der Waals surface area (Å²) in [6.07, 6.45) is 3.86. The minimum Gasteiger partial charge on any atom is -0.465 e. The summed E-state index contributed by atoms with van der Waals surface area (Å²) in [5, 5.41) is -5.09. The molecule has 0 saturated heterocycles. The van der Waals surface area contributed by atoms with Crippen molar-refractivity contribution in [2.75, 3.05) is 6.61 Å². The van der Waals surface area contributed by atoms with Gasteiger partial charge in [0.05, 0.1) is 12.0 Å². The maximum absolute atomic E-state index is 13.3. The molecule has 0 spiro atoms. The second-order valence-corrected chi connectivity index (χ2v) is 9.02. The quantitative estimate of drug-likeness (QED) is 0.315. The van der Waals surface area contributed by atoms with Crippen molar-refractivity contribution in [3.63, 3.8) is 0 Å². The van der Waals surface area contributed by atoms with E-state index in [2.05, 4.69) is 0 Å². The van der Waals surface area contributed by atoms with Gasteiger partial charge in [0.25, 0.3) is 0 Å². The maximum atomic E-state index is 13.3. The number of rotatable bonds is 7. The van der Waals surface area contributed by atoms with Crippen LogP contribution in [0.15, 0.2) is 0 Å². The Balaban J connectivity index is 1.50. The summed E-state index contributed by atoms with van der Waals surface area (Å²) < 4.78 is 78.3. The van der Waals surface area contributed by atoms with Gasteiger partial charge in [-0.1, -0.05) is 0 Å². The Bertz CT molecular complexity index is 574. The lowest BCUT2D eigenvalue weighted by Crippen LogP contribution is -2.50. The molecule has 4 aliphatic carbocycles. The number of hydrogen-bond acceptors (Lipinski definition) is 4. The van der Waals surface area contributed by atoms with Crippen LogP contribution in [-0.2, 0) is 20.2 Å². The van der Waals surface area contributed by atoms with E-state index in [-0.39, 0.29) is 0 Å². The van der Waals surface area contributed by atoms with Crippen molar-refractivity contribution in [1.29, 1.82) is 0 Å². The standard InChI is InChI=1S/C16H22F4O4S/c17-15(18,16(19,20)25(22)23)2-1-3-24-13(21)14-7-10-4-11(8-14)6-12(5-10)9-14/h10-12,25H,1-9H2. The lowest BCUT2D eigenvalue weighted by atomic mass is 9.49. The van der Waals surface area contributed by atoms with Gasteiger partial charge in [0, 0.05) is 6.42 Å². The van der Waals surface area contributed by atoms with Crippen LogP contribution in [0, 0.1) is 23.2 Å². The summed E-state index contributed by atoms with van der Waals surface area (Å²) in [6.45, 7) is -0.401. The zero-order valence-corrected chi connectivity index (χ0v) is 14.6. The summed E-state index contributed by atoms with van der Waals surface area (Å²) >= 11 is 0. The molecule has 0 aliphatic heterocycles. The normalized spacial score (nSPS) is 34.5. The van der Waals surface area contributed by atoms with Crippen LogP contribution in [0.3, 0.4) is 0 Å². The lowest BCUT2D eigenvalue weighted by molar-refractivity contribution is -0.175. The molecule has 4 rings (SSSR count). The van der Waals surface area contributed by atoms with E-state index in [0.717, 1.165) is 38.5 Å². The SMILES string of the molecule is O=C(OCCCC(F)(F)C(F)(F)[SH](=O)=O)C12CC3CC(CC(C3)C1)C2. The van der Waals surface area contributed by atoms with Crippen LogP contribution in [0.2, 0.25) is 0 Å². The van der Waals surface area contributed by atoms with E-state index in [0.29, 0.717) is 17.8 Å². The number of carbonyl (C=O) groups excluding carboxylic acids is 1. The first-order chi connectivity index (χ1) is 11.6. The van der Waals surface area contributed by atoms with Crippen molar-refractivity contribution in [2.24, 2.45) is 23.2 Å². The van der Waals surface area contributed by atoms with Crippen molar-refractivity contribution in [3.05, 3.63) is 0 Å². The van der Waals surface area contributed by atoms with Gasteiger partial charge >= 0.3 is 17.1 Å². The van der Waals surface area contributed by atoms with Crippen LogP contribution in [0.25, 0.3) is 0 Å². The fourth-order valence-electron chi connectivity index (χ4n) is 5.26. The van der Waals surface area contributed by atoms with Gasteiger partial charge < -0.3 is 4.74 Å². The topological polar surface area (TPSA) is 60.4 Å². The highest BCUT2D eigenvalue weighted by atomic mass is 32.2. The summed E-state index contributed by atoms with van der Waals surface area (Å²) in [7, 11) is -4.57. The fourth-order valence-corrected chi connectivity index (χ4v) is 5.64. The Morgan fingerprint density at radius 3 is 1.92 bits per heavy atom. The number of esters is 1. The zero-order valence-electron chi connectivity index (χ0n) is 13.7. The van der Waals surface area contributed by atoms with Gasteiger partial charge in [0.15, 0.2) is 0 Å². The molecule has 4 nitrogen and oxygen atoms in total. The zero-order chi connectivity index (χ0) is 18.5. The highest BCUT2D eigenvalue weighted by Gasteiger charge is 2.59. The highest BCUT2D eigenvalue weighted by molar-refractivity contribution is 7.73. The average Bonchev–Trinajstić information content (AvgIpc) is 2.49. The Morgan fingerprint density at radius 1 is 1.00 bits per heavy atom. The number of alkyl halides is 4. The molecule has 4 fully saturated rings. The third-order valence-corrected chi connectivity index (χ3v) is 6.79. The van der Waals surface area contributed by atoms with Gasteiger partial charge in [0.1, 0.15) is 0 Å².